The van der Waals surface area contributed by atoms with Gasteiger partial charge in [0.2, 0.25) is 10.0 Å². The molecule has 0 amide bonds. The topological polar surface area (TPSA) is 95.7 Å². The summed E-state index contributed by atoms with van der Waals surface area (Å²) in [5, 5.41) is 10.2. The first-order valence-electron chi connectivity index (χ1n) is 7.11. The predicted octanol–water partition coefficient (Wildman–Crippen LogP) is 0.917. The standard InChI is InChI=1S/C14H23N3O3S/c1-16-21(19,20)10-7-8-11(15)13(9-10)17(2)12-5-3-4-6-14(12)18/h7-9,12,14,16,18H,3-6,15H2,1-2H3. The molecule has 1 saturated carbocycles. The zero-order valence-corrected chi connectivity index (χ0v) is 13.2. The lowest BCUT2D eigenvalue weighted by Crippen LogP contribution is -2.43. The van der Waals surface area contributed by atoms with E-state index in [1.165, 1.54) is 13.1 Å². The van der Waals surface area contributed by atoms with Gasteiger partial charge in [0.25, 0.3) is 0 Å². The number of sulfonamides is 1. The summed E-state index contributed by atoms with van der Waals surface area (Å²) in [7, 11) is -0.287. The predicted molar refractivity (Wildman–Crippen MR) is 83.8 cm³/mol. The van der Waals surface area contributed by atoms with Gasteiger partial charge in [0, 0.05) is 7.05 Å². The van der Waals surface area contributed by atoms with E-state index in [9.17, 15) is 13.5 Å². The van der Waals surface area contributed by atoms with Crippen molar-refractivity contribution in [2.75, 3.05) is 24.7 Å². The number of nitrogens with zero attached hydrogens (tertiary/aromatic N) is 1. The Balaban J connectivity index is 2.36. The van der Waals surface area contributed by atoms with Gasteiger partial charge in [-0.15, -0.1) is 0 Å². The number of aliphatic hydroxyl groups is 1. The van der Waals surface area contributed by atoms with Gasteiger partial charge in [-0.2, -0.15) is 0 Å². The van der Waals surface area contributed by atoms with Crippen LogP contribution in [0.4, 0.5) is 11.4 Å². The molecule has 118 valence electrons. The van der Waals surface area contributed by atoms with E-state index in [1.54, 1.807) is 12.1 Å². The van der Waals surface area contributed by atoms with Crippen molar-refractivity contribution in [1.29, 1.82) is 0 Å². The second kappa shape index (κ2) is 6.21. The minimum absolute atomic E-state index is 0.0337. The maximum absolute atomic E-state index is 11.9. The van der Waals surface area contributed by atoms with E-state index in [1.807, 2.05) is 11.9 Å². The maximum atomic E-state index is 11.9. The molecule has 1 aromatic rings. The molecular formula is C14H23N3O3S. The number of benzene rings is 1. The lowest BCUT2D eigenvalue weighted by molar-refractivity contribution is 0.106. The molecule has 0 aromatic heterocycles. The average molecular weight is 313 g/mol. The van der Waals surface area contributed by atoms with Crippen molar-refractivity contribution in [2.24, 2.45) is 0 Å². The monoisotopic (exact) mass is 313 g/mol. The first kappa shape index (κ1) is 16.1. The van der Waals surface area contributed by atoms with Gasteiger partial charge in [0.05, 0.1) is 28.4 Å². The molecule has 6 nitrogen and oxygen atoms in total. The quantitative estimate of drug-likeness (QED) is 0.718. The smallest absolute Gasteiger partial charge is 0.240 e. The third-order valence-electron chi connectivity index (χ3n) is 4.15. The molecule has 1 aromatic carbocycles. The van der Waals surface area contributed by atoms with Gasteiger partial charge in [0.15, 0.2) is 0 Å². The van der Waals surface area contributed by atoms with Crippen molar-refractivity contribution in [3.8, 4) is 0 Å². The summed E-state index contributed by atoms with van der Waals surface area (Å²) < 4.78 is 26.1. The highest BCUT2D eigenvalue weighted by Crippen LogP contribution is 2.31. The Kier molecular flexibility index (Phi) is 4.75. The number of likely N-dealkylation sites (N-methyl/N-ethyl adjacent to an activating group) is 1. The summed E-state index contributed by atoms with van der Waals surface area (Å²) in [4.78, 5) is 2.07. The number of aliphatic hydroxyl groups excluding tert-OH is 1. The van der Waals surface area contributed by atoms with Crippen molar-refractivity contribution in [1.82, 2.24) is 4.72 Å². The van der Waals surface area contributed by atoms with Crippen LogP contribution in [0.2, 0.25) is 0 Å². The van der Waals surface area contributed by atoms with Crippen LogP contribution in [0, 0.1) is 0 Å². The molecule has 2 atom stereocenters. The molecule has 2 unspecified atom stereocenters. The van der Waals surface area contributed by atoms with Crippen molar-refractivity contribution in [3.05, 3.63) is 18.2 Å². The Bertz CT molecular complexity index is 603. The van der Waals surface area contributed by atoms with Crippen molar-refractivity contribution >= 4 is 21.4 Å². The molecule has 0 saturated heterocycles. The van der Waals surface area contributed by atoms with Crippen molar-refractivity contribution in [2.45, 2.75) is 42.7 Å². The Morgan fingerprint density at radius 1 is 1.33 bits per heavy atom. The lowest BCUT2D eigenvalue weighted by Gasteiger charge is -2.37. The first-order valence-corrected chi connectivity index (χ1v) is 8.59. The molecule has 0 bridgehead atoms. The Morgan fingerprint density at radius 3 is 2.62 bits per heavy atom. The second-order valence-corrected chi connectivity index (χ2v) is 7.34. The van der Waals surface area contributed by atoms with Crippen LogP contribution in [0.25, 0.3) is 0 Å². The molecule has 1 fully saturated rings. The van der Waals surface area contributed by atoms with Crippen LogP contribution in [0.5, 0.6) is 0 Å². The van der Waals surface area contributed by atoms with Crippen LogP contribution in [0.15, 0.2) is 23.1 Å². The highest BCUT2D eigenvalue weighted by Gasteiger charge is 2.28. The van der Waals surface area contributed by atoms with E-state index in [-0.39, 0.29) is 10.9 Å². The summed E-state index contributed by atoms with van der Waals surface area (Å²) in [5.41, 5.74) is 7.13. The molecule has 4 N–H and O–H groups in total. The number of hydrogen-bond donors (Lipinski definition) is 3. The highest BCUT2D eigenvalue weighted by molar-refractivity contribution is 7.89. The summed E-state index contributed by atoms with van der Waals surface area (Å²) in [5.74, 6) is 0. The lowest BCUT2D eigenvalue weighted by atomic mass is 9.91. The first-order chi connectivity index (χ1) is 9.86. The molecule has 0 aliphatic heterocycles. The minimum Gasteiger partial charge on any atom is -0.397 e. The Labute approximate surface area is 126 Å². The van der Waals surface area contributed by atoms with Gasteiger partial charge in [-0.25, -0.2) is 13.1 Å². The third kappa shape index (κ3) is 3.30. The fourth-order valence-electron chi connectivity index (χ4n) is 2.84. The van der Waals surface area contributed by atoms with Crippen molar-refractivity contribution < 1.29 is 13.5 Å². The third-order valence-corrected chi connectivity index (χ3v) is 5.56. The average Bonchev–Trinajstić information content (AvgIpc) is 2.47. The fourth-order valence-corrected chi connectivity index (χ4v) is 3.59. The van der Waals surface area contributed by atoms with Gasteiger partial charge in [-0.05, 0) is 38.1 Å². The van der Waals surface area contributed by atoms with E-state index >= 15 is 0 Å². The normalized spacial score (nSPS) is 23.0. The summed E-state index contributed by atoms with van der Waals surface area (Å²) >= 11 is 0. The molecule has 0 spiro atoms. The highest BCUT2D eigenvalue weighted by atomic mass is 32.2. The number of hydrogen-bond acceptors (Lipinski definition) is 5. The SMILES string of the molecule is CNS(=O)(=O)c1ccc(N)c(N(C)C2CCCCC2O)c1. The number of nitrogens with one attached hydrogen (secondary N) is 1. The number of rotatable bonds is 4. The Hall–Kier alpha value is -1.31. The zero-order valence-electron chi connectivity index (χ0n) is 12.4. The number of nitrogen functional groups attached to an aromatic ring is 1. The van der Waals surface area contributed by atoms with E-state index in [0.717, 1.165) is 25.7 Å². The van der Waals surface area contributed by atoms with Crippen LogP contribution >= 0.6 is 0 Å². The van der Waals surface area contributed by atoms with Gasteiger partial charge in [-0.1, -0.05) is 12.8 Å². The van der Waals surface area contributed by atoms with E-state index in [0.29, 0.717) is 11.4 Å². The molecule has 21 heavy (non-hydrogen) atoms. The van der Waals surface area contributed by atoms with E-state index < -0.39 is 16.1 Å². The van der Waals surface area contributed by atoms with Gasteiger partial charge in [0.1, 0.15) is 0 Å². The van der Waals surface area contributed by atoms with Crippen LogP contribution in [-0.4, -0.2) is 39.8 Å². The Morgan fingerprint density at radius 2 is 2.00 bits per heavy atom. The summed E-state index contributed by atoms with van der Waals surface area (Å²) in [6.07, 6.45) is 3.31. The second-order valence-electron chi connectivity index (χ2n) is 5.46. The van der Waals surface area contributed by atoms with Crippen molar-refractivity contribution in [3.63, 3.8) is 0 Å². The molecule has 2 rings (SSSR count). The van der Waals surface area contributed by atoms with E-state index in [2.05, 4.69) is 4.72 Å². The van der Waals surface area contributed by atoms with Crippen LogP contribution < -0.4 is 15.4 Å². The van der Waals surface area contributed by atoms with Crippen LogP contribution in [-0.2, 0) is 10.0 Å². The number of anilines is 2. The summed E-state index contributed by atoms with van der Waals surface area (Å²) in [6.45, 7) is 0. The zero-order chi connectivity index (χ0) is 15.6. The minimum atomic E-state index is -3.51. The van der Waals surface area contributed by atoms with E-state index in [4.69, 9.17) is 5.73 Å². The van der Waals surface area contributed by atoms with Crippen LogP contribution in [0.1, 0.15) is 25.7 Å². The largest absolute Gasteiger partial charge is 0.397 e. The molecule has 0 radical (unpaired) electrons. The molecular weight excluding hydrogens is 290 g/mol. The number of nitrogens with two attached hydrogens (primary N) is 1. The van der Waals surface area contributed by atoms with Crippen LogP contribution in [0.3, 0.4) is 0 Å². The molecule has 1 aliphatic rings. The van der Waals surface area contributed by atoms with Gasteiger partial charge >= 0.3 is 0 Å². The summed E-state index contributed by atoms with van der Waals surface area (Å²) in [6, 6.07) is 4.59. The van der Waals surface area contributed by atoms with Gasteiger partial charge < -0.3 is 15.7 Å². The fraction of sp³-hybridized carbons (Fsp3) is 0.571. The molecule has 0 heterocycles. The van der Waals surface area contributed by atoms with Gasteiger partial charge in [-0.3, -0.25) is 0 Å². The molecule has 1 aliphatic carbocycles. The maximum Gasteiger partial charge on any atom is 0.240 e. The molecule has 7 heteroatoms.